The highest BCUT2D eigenvalue weighted by atomic mass is 19.4. The Kier molecular flexibility index (Phi) is 6.86. The molecule has 0 atom stereocenters. The molecule has 0 spiro atoms. The molecule has 0 unspecified atom stereocenters. The number of fused-ring (bicyclic) bond motifs is 1. The quantitative estimate of drug-likeness (QED) is 0.573. The highest BCUT2D eigenvalue weighted by Crippen LogP contribution is 2.31. The van der Waals surface area contributed by atoms with Crippen LogP contribution in [0.3, 0.4) is 0 Å². The predicted octanol–water partition coefficient (Wildman–Crippen LogP) is 3.31. The van der Waals surface area contributed by atoms with Gasteiger partial charge in [0.2, 0.25) is 0 Å². The van der Waals surface area contributed by atoms with E-state index in [9.17, 15) is 13.2 Å². The molecule has 2 aliphatic rings. The van der Waals surface area contributed by atoms with Gasteiger partial charge < -0.3 is 19.7 Å². The van der Waals surface area contributed by atoms with E-state index in [0.717, 1.165) is 56.0 Å². The second-order valence-electron chi connectivity index (χ2n) is 8.19. The smallest absolute Gasteiger partial charge is 0.368 e. The van der Waals surface area contributed by atoms with Gasteiger partial charge in [0, 0.05) is 51.4 Å². The third-order valence-electron chi connectivity index (χ3n) is 6.01. The molecule has 1 saturated heterocycles. The first-order chi connectivity index (χ1) is 15.5. The van der Waals surface area contributed by atoms with Crippen LogP contribution >= 0.6 is 0 Å². The van der Waals surface area contributed by atoms with Crippen LogP contribution in [0.15, 0.2) is 29.3 Å². The highest BCUT2D eigenvalue weighted by molar-refractivity contribution is 5.80. The number of hydrogen-bond acceptors (Lipinski definition) is 4. The summed E-state index contributed by atoms with van der Waals surface area (Å²) in [5.41, 5.74) is -0.00709. The van der Waals surface area contributed by atoms with Gasteiger partial charge in [0.1, 0.15) is 12.4 Å². The number of aryl methyl sites for hydroxylation is 1. The van der Waals surface area contributed by atoms with Crippen molar-refractivity contribution in [3.05, 3.63) is 41.5 Å². The average molecular weight is 450 g/mol. The van der Waals surface area contributed by atoms with Crippen LogP contribution in [0.1, 0.15) is 43.4 Å². The molecule has 174 valence electrons. The SMILES string of the molecule is CCNC(=NCc1nnc2n1CCCCC2)N1CCN(c2cccc(C(F)(F)F)c2)CC1. The largest absolute Gasteiger partial charge is 0.416 e. The number of guanidine groups is 1. The number of piperazine rings is 1. The number of aliphatic imine (C=N–C) groups is 1. The summed E-state index contributed by atoms with van der Waals surface area (Å²) in [5, 5.41) is 12.0. The first-order valence-corrected chi connectivity index (χ1v) is 11.3. The van der Waals surface area contributed by atoms with E-state index in [2.05, 4.69) is 25.0 Å². The molecule has 0 aliphatic carbocycles. The third-order valence-corrected chi connectivity index (χ3v) is 6.01. The minimum atomic E-state index is -4.33. The molecule has 2 aliphatic heterocycles. The van der Waals surface area contributed by atoms with Gasteiger partial charge in [-0.2, -0.15) is 13.2 Å². The summed E-state index contributed by atoms with van der Waals surface area (Å²) in [7, 11) is 0. The molecule has 1 fully saturated rings. The number of nitrogens with one attached hydrogen (secondary N) is 1. The molecule has 2 aromatic rings. The van der Waals surface area contributed by atoms with Gasteiger partial charge in [0.25, 0.3) is 0 Å². The van der Waals surface area contributed by atoms with Gasteiger partial charge in [-0.05, 0) is 38.0 Å². The fourth-order valence-corrected chi connectivity index (χ4v) is 4.29. The Bertz CT molecular complexity index is 930. The fraction of sp³-hybridized carbons (Fsp3) is 0.591. The zero-order valence-corrected chi connectivity index (χ0v) is 18.4. The van der Waals surface area contributed by atoms with Crippen molar-refractivity contribution in [3.63, 3.8) is 0 Å². The average Bonchev–Trinajstić information content (AvgIpc) is 3.02. The van der Waals surface area contributed by atoms with E-state index >= 15 is 0 Å². The van der Waals surface area contributed by atoms with Crippen LogP contribution in [-0.2, 0) is 25.7 Å². The number of nitrogens with zero attached hydrogens (tertiary/aromatic N) is 6. The minimum Gasteiger partial charge on any atom is -0.368 e. The lowest BCUT2D eigenvalue weighted by Gasteiger charge is -2.38. The van der Waals surface area contributed by atoms with Crippen LogP contribution in [0, 0.1) is 0 Å². The molecule has 0 bridgehead atoms. The number of hydrogen-bond donors (Lipinski definition) is 1. The van der Waals surface area contributed by atoms with Gasteiger partial charge in [0.05, 0.1) is 5.56 Å². The molecule has 0 amide bonds. The summed E-state index contributed by atoms with van der Waals surface area (Å²) in [4.78, 5) is 8.96. The summed E-state index contributed by atoms with van der Waals surface area (Å²) in [5.74, 6) is 2.74. The van der Waals surface area contributed by atoms with E-state index < -0.39 is 11.7 Å². The van der Waals surface area contributed by atoms with Crippen molar-refractivity contribution in [3.8, 4) is 0 Å². The first kappa shape index (κ1) is 22.4. The van der Waals surface area contributed by atoms with Crippen LogP contribution in [0.25, 0.3) is 0 Å². The Hall–Kier alpha value is -2.78. The standard InChI is InChI=1S/C22H30F3N7/c1-2-26-21(27-16-20-29-28-19-9-4-3-5-10-32(19)20)31-13-11-30(12-14-31)18-8-6-7-17(15-18)22(23,24)25/h6-8,15H,2-5,9-14,16H2,1H3,(H,26,27). The number of rotatable bonds is 4. The fourth-order valence-electron chi connectivity index (χ4n) is 4.29. The van der Waals surface area contributed by atoms with Gasteiger partial charge in [-0.1, -0.05) is 12.5 Å². The molecule has 1 aromatic carbocycles. The second kappa shape index (κ2) is 9.79. The number of aromatic nitrogens is 3. The van der Waals surface area contributed by atoms with Gasteiger partial charge in [-0.15, -0.1) is 10.2 Å². The maximum Gasteiger partial charge on any atom is 0.416 e. The number of benzene rings is 1. The molecule has 3 heterocycles. The number of alkyl halides is 3. The molecule has 1 N–H and O–H groups in total. The molecule has 7 nitrogen and oxygen atoms in total. The van der Waals surface area contributed by atoms with E-state index in [1.54, 1.807) is 6.07 Å². The number of anilines is 1. The van der Waals surface area contributed by atoms with Crippen molar-refractivity contribution in [2.24, 2.45) is 4.99 Å². The maximum absolute atomic E-state index is 13.1. The van der Waals surface area contributed by atoms with Crippen molar-refractivity contribution in [1.82, 2.24) is 25.0 Å². The van der Waals surface area contributed by atoms with Gasteiger partial charge in [0.15, 0.2) is 11.8 Å². The van der Waals surface area contributed by atoms with Gasteiger partial charge >= 0.3 is 6.18 Å². The lowest BCUT2D eigenvalue weighted by atomic mass is 10.1. The van der Waals surface area contributed by atoms with Gasteiger partial charge in [-0.25, -0.2) is 4.99 Å². The lowest BCUT2D eigenvalue weighted by Crippen LogP contribution is -2.52. The molecule has 0 saturated carbocycles. The maximum atomic E-state index is 13.1. The Morgan fingerprint density at radius 3 is 2.62 bits per heavy atom. The van der Waals surface area contributed by atoms with E-state index in [1.165, 1.54) is 18.6 Å². The summed E-state index contributed by atoms with van der Waals surface area (Å²) in [6, 6.07) is 5.55. The molecule has 32 heavy (non-hydrogen) atoms. The highest BCUT2D eigenvalue weighted by Gasteiger charge is 2.31. The molecule has 1 aromatic heterocycles. The number of halogens is 3. The minimum absolute atomic E-state index is 0.461. The van der Waals surface area contributed by atoms with Crippen LogP contribution < -0.4 is 10.2 Å². The summed E-state index contributed by atoms with van der Waals surface area (Å²) in [6.45, 7) is 6.79. The Labute approximate surface area is 186 Å². The summed E-state index contributed by atoms with van der Waals surface area (Å²) in [6.07, 6.45) is 0.140. The Balaban J connectivity index is 1.41. The lowest BCUT2D eigenvalue weighted by molar-refractivity contribution is -0.137. The normalized spacial score (nSPS) is 17.8. The van der Waals surface area contributed by atoms with Crippen molar-refractivity contribution >= 4 is 11.6 Å². The van der Waals surface area contributed by atoms with Crippen molar-refractivity contribution in [2.45, 2.75) is 51.9 Å². The molecular weight excluding hydrogens is 419 g/mol. The third kappa shape index (κ3) is 5.16. The van der Waals surface area contributed by atoms with Crippen LogP contribution in [0.5, 0.6) is 0 Å². The van der Waals surface area contributed by atoms with Crippen molar-refractivity contribution in [1.29, 1.82) is 0 Å². The zero-order chi connectivity index (χ0) is 22.6. The van der Waals surface area contributed by atoms with Crippen molar-refractivity contribution < 1.29 is 13.2 Å². The molecule has 0 radical (unpaired) electrons. The van der Waals surface area contributed by atoms with E-state index in [1.807, 2.05) is 11.8 Å². The van der Waals surface area contributed by atoms with Crippen molar-refractivity contribution in [2.75, 3.05) is 37.6 Å². The monoisotopic (exact) mass is 449 g/mol. The first-order valence-electron chi connectivity index (χ1n) is 11.3. The molecule has 10 heteroatoms. The topological polar surface area (TPSA) is 61.6 Å². The Morgan fingerprint density at radius 2 is 1.88 bits per heavy atom. The summed E-state index contributed by atoms with van der Waals surface area (Å²) < 4.78 is 41.4. The zero-order valence-electron chi connectivity index (χ0n) is 18.4. The Morgan fingerprint density at radius 1 is 1.06 bits per heavy atom. The molecule has 4 rings (SSSR count). The summed E-state index contributed by atoms with van der Waals surface area (Å²) >= 11 is 0. The van der Waals surface area contributed by atoms with E-state index in [0.29, 0.717) is 38.4 Å². The van der Waals surface area contributed by atoms with Crippen LogP contribution in [0.2, 0.25) is 0 Å². The predicted molar refractivity (Wildman–Crippen MR) is 118 cm³/mol. The van der Waals surface area contributed by atoms with E-state index in [4.69, 9.17) is 4.99 Å². The van der Waals surface area contributed by atoms with Gasteiger partial charge in [-0.3, -0.25) is 0 Å². The van der Waals surface area contributed by atoms with Crippen LogP contribution in [-0.4, -0.2) is 58.3 Å². The van der Waals surface area contributed by atoms with Crippen LogP contribution in [0.4, 0.5) is 18.9 Å². The van der Waals surface area contributed by atoms with E-state index in [-0.39, 0.29) is 0 Å². The molecular formula is C22H30F3N7. The second-order valence-corrected chi connectivity index (χ2v) is 8.19.